The molecule has 1 aliphatic rings. The predicted molar refractivity (Wildman–Crippen MR) is 52.0 cm³/mol. The number of aliphatic hydroxyl groups is 1. The molecule has 0 bridgehead atoms. The van der Waals surface area contributed by atoms with E-state index < -0.39 is 6.10 Å². The van der Waals surface area contributed by atoms with Gasteiger partial charge in [0.2, 0.25) is 5.91 Å². The summed E-state index contributed by atoms with van der Waals surface area (Å²) in [7, 11) is 0. The van der Waals surface area contributed by atoms with Crippen molar-refractivity contribution in [2.24, 2.45) is 5.11 Å². The van der Waals surface area contributed by atoms with E-state index in [2.05, 4.69) is 15.3 Å². The minimum absolute atomic E-state index is 0.198. The first kappa shape index (κ1) is 11.8. The fraction of sp³-hybridized carbons (Fsp3) is 0.875. The Morgan fingerprint density at radius 2 is 2.53 bits per heavy atom. The molecule has 7 nitrogen and oxygen atoms in total. The highest BCUT2D eigenvalue weighted by Crippen LogP contribution is 2.14. The van der Waals surface area contributed by atoms with Crippen LogP contribution in [0.3, 0.4) is 0 Å². The van der Waals surface area contributed by atoms with Crippen molar-refractivity contribution in [3.8, 4) is 0 Å². The molecular formula is C8H14N4O3. The fourth-order valence-corrected chi connectivity index (χ4v) is 1.51. The molecular weight excluding hydrogens is 200 g/mol. The number of hydrogen-bond acceptors (Lipinski definition) is 4. The van der Waals surface area contributed by atoms with E-state index in [1.807, 2.05) is 0 Å². The molecule has 3 atom stereocenters. The van der Waals surface area contributed by atoms with Gasteiger partial charge in [0.15, 0.2) is 0 Å². The molecule has 7 heteroatoms. The summed E-state index contributed by atoms with van der Waals surface area (Å²) in [4.78, 5) is 13.4. The zero-order valence-electron chi connectivity index (χ0n) is 8.46. The number of nitrogens with zero attached hydrogens (tertiary/aromatic N) is 3. The molecule has 15 heavy (non-hydrogen) atoms. The van der Waals surface area contributed by atoms with Gasteiger partial charge in [-0.25, -0.2) is 0 Å². The maximum atomic E-state index is 10.8. The van der Waals surface area contributed by atoms with Crippen LogP contribution in [0.5, 0.6) is 0 Å². The Bertz CT molecular complexity index is 277. The lowest BCUT2D eigenvalue weighted by Crippen LogP contribution is -2.51. The van der Waals surface area contributed by atoms with Crippen LogP contribution in [-0.4, -0.2) is 42.4 Å². The molecule has 0 aromatic rings. The highest BCUT2D eigenvalue weighted by atomic mass is 16.5. The summed E-state index contributed by atoms with van der Waals surface area (Å²) in [5.74, 6) is -0.198. The van der Waals surface area contributed by atoms with Crippen LogP contribution in [0.4, 0.5) is 0 Å². The molecule has 1 aliphatic heterocycles. The number of hydrogen-bond donors (Lipinski definition) is 2. The Labute approximate surface area is 87.0 Å². The number of azide groups is 1. The van der Waals surface area contributed by atoms with E-state index in [-0.39, 0.29) is 31.2 Å². The summed E-state index contributed by atoms with van der Waals surface area (Å²) in [6.07, 6.45) is -0.549. The van der Waals surface area contributed by atoms with Gasteiger partial charge in [-0.1, -0.05) is 5.11 Å². The van der Waals surface area contributed by atoms with E-state index in [1.165, 1.54) is 6.92 Å². The van der Waals surface area contributed by atoms with Crippen molar-refractivity contribution in [3.63, 3.8) is 0 Å². The van der Waals surface area contributed by atoms with Crippen molar-refractivity contribution in [1.29, 1.82) is 0 Å². The minimum atomic E-state index is -0.651. The van der Waals surface area contributed by atoms with Crippen LogP contribution in [0.15, 0.2) is 5.11 Å². The van der Waals surface area contributed by atoms with E-state index >= 15 is 0 Å². The number of amides is 1. The average molecular weight is 214 g/mol. The van der Waals surface area contributed by atoms with Crippen LogP contribution >= 0.6 is 0 Å². The summed E-state index contributed by atoms with van der Waals surface area (Å²) in [6, 6.07) is -0.371. The fourth-order valence-electron chi connectivity index (χ4n) is 1.51. The number of carbonyl (C=O) groups excluding carboxylic acids is 1. The third-order valence-corrected chi connectivity index (χ3v) is 2.22. The number of ether oxygens (including phenoxy) is 1. The Morgan fingerprint density at radius 3 is 3.07 bits per heavy atom. The Morgan fingerprint density at radius 1 is 1.80 bits per heavy atom. The molecule has 0 spiro atoms. The molecule has 3 unspecified atom stereocenters. The minimum Gasteiger partial charge on any atom is -0.391 e. The Balaban J connectivity index is 2.40. The van der Waals surface area contributed by atoms with E-state index in [1.54, 1.807) is 0 Å². The Hall–Kier alpha value is -1.30. The Kier molecular flexibility index (Phi) is 4.36. The summed E-state index contributed by atoms with van der Waals surface area (Å²) < 4.78 is 5.32. The van der Waals surface area contributed by atoms with Gasteiger partial charge in [-0.05, 0) is 5.53 Å². The lowest BCUT2D eigenvalue weighted by atomic mass is 10.0. The van der Waals surface area contributed by atoms with Gasteiger partial charge in [0.1, 0.15) is 0 Å². The SMILES string of the molecule is CC(=O)NC1COC(CN=[N+]=[N-])CC1O. The maximum absolute atomic E-state index is 10.8. The van der Waals surface area contributed by atoms with Gasteiger partial charge in [-0.2, -0.15) is 0 Å². The smallest absolute Gasteiger partial charge is 0.217 e. The van der Waals surface area contributed by atoms with Gasteiger partial charge in [-0.15, -0.1) is 0 Å². The second kappa shape index (κ2) is 5.55. The standard InChI is InChI=1S/C8H14N4O3/c1-5(13)11-7-4-15-6(2-8(7)14)3-10-12-9/h6-8,14H,2-4H2,1H3,(H,11,13). The molecule has 1 amide bonds. The van der Waals surface area contributed by atoms with Gasteiger partial charge in [0.05, 0.1) is 31.4 Å². The molecule has 0 aromatic carbocycles. The molecule has 1 rings (SSSR count). The number of rotatable bonds is 3. The molecule has 2 N–H and O–H groups in total. The van der Waals surface area contributed by atoms with E-state index in [0.717, 1.165) is 0 Å². The molecule has 0 radical (unpaired) electrons. The highest BCUT2D eigenvalue weighted by Gasteiger charge is 2.29. The zero-order chi connectivity index (χ0) is 11.3. The first-order valence-electron chi connectivity index (χ1n) is 4.71. The average Bonchev–Trinajstić information content (AvgIpc) is 2.18. The second-order valence-corrected chi connectivity index (χ2v) is 3.48. The van der Waals surface area contributed by atoms with Crippen molar-refractivity contribution in [1.82, 2.24) is 5.32 Å². The van der Waals surface area contributed by atoms with E-state index in [0.29, 0.717) is 6.42 Å². The normalized spacial score (nSPS) is 30.4. The number of carbonyl (C=O) groups is 1. The largest absolute Gasteiger partial charge is 0.391 e. The first-order valence-corrected chi connectivity index (χ1v) is 4.71. The van der Waals surface area contributed by atoms with Crippen LogP contribution in [0.1, 0.15) is 13.3 Å². The molecule has 0 aliphatic carbocycles. The summed E-state index contributed by atoms with van der Waals surface area (Å²) in [5, 5.41) is 15.6. The predicted octanol–water partition coefficient (Wildman–Crippen LogP) is -0.0488. The van der Waals surface area contributed by atoms with Crippen LogP contribution < -0.4 is 5.32 Å². The lowest BCUT2D eigenvalue weighted by molar-refractivity contribution is -0.124. The van der Waals surface area contributed by atoms with Crippen LogP contribution in [-0.2, 0) is 9.53 Å². The molecule has 1 heterocycles. The molecule has 1 fully saturated rings. The first-order chi connectivity index (χ1) is 7.13. The van der Waals surface area contributed by atoms with Gasteiger partial charge < -0.3 is 15.2 Å². The molecule has 0 saturated carbocycles. The quantitative estimate of drug-likeness (QED) is 0.390. The van der Waals surface area contributed by atoms with E-state index in [9.17, 15) is 9.90 Å². The number of aliphatic hydroxyl groups excluding tert-OH is 1. The molecule has 1 saturated heterocycles. The summed E-state index contributed by atoms with van der Waals surface area (Å²) in [5.41, 5.74) is 8.12. The topological polar surface area (TPSA) is 107 Å². The van der Waals surface area contributed by atoms with Crippen molar-refractivity contribution in [2.75, 3.05) is 13.2 Å². The van der Waals surface area contributed by atoms with Crippen molar-refractivity contribution in [2.45, 2.75) is 31.6 Å². The van der Waals surface area contributed by atoms with E-state index in [4.69, 9.17) is 10.3 Å². The van der Waals surface area contributed by atoms with Gasteiger partial charge in [0.25, 0.3) is 0 Å². The summed E-state index contributed by atoms with van der Waals surface area (Å²) >= 11 is 0. The van der Waals surface area contributed by atoms with Gasteiger partial charge in [-0.3, -0.25) is 4.79 Å². The zero-order valence-corrected chi connectivity index (χ0v) is 8.46. The van der Waals surface area contributed by atoms with Crippen LogP contribution in [0.2, 0.25) is 0 Å². The highest BCUT2D eigenvalue weighted by molar-refractivity contribution is 5.73. The third-order valence-electron chi connectivity index (χ3n) is 2.22. The molecule has 0 aromatic heterocycles. The monoisotopic (exact) mass is 214 g/mol. The van der Waals surface area contributed by atoms with Gasteiger partial charge >= 0.3 is 0 Å². The summed E-state index contributed by atoms with van der Waals surface area (Å²) in [6.45, 7) is 1.84. The van der Waals surface area contributed by atoms with Crippen molar-refractivity contribution in [3.05, 3.63) is 10.4 Å². The van der Waals surface area contributed by atoms with Crippen molar-refractivity contribution >= 4 is 5.91 Å². The van der Waals surface area contributed by atoms with Crippen LogP contribution in [0, 0.1) is 0 Å². The maximum Gasteiger partial charge on any atom is 0.217 e. The van der Waals surface area contributed by atoms with Gasteiger partial charge in [0, 0.05) is 18.3 Å². The second-order valence-electron chi connectivity index (χ2n) is 3.48. The third kappa shape index (κ3) is 3.75. The van der Waals surface area contributed by atoms with Crippen molar-refractivity contribution < 1.29 is 14.6 Å². The van der Waals surface area contributed by atoms with Crippen LogP contribution in [0.25, 0.3) is 10.4 Å². The number of nitrogens with one attached hydrogen (secondary N) is 1. The lowest BCUT2D eigenvalue weighted by Gasteiger charge is -2.32. The molecule has 84 valence electrons.